The number of methoxy groups -OCH3 is 2. The number of nitro benzene ring substituents is 1. The highest BCUT2D eigenvalue weighted by atomic mass is 32.2. The number of aromatic nitrogens is 2. The predicted octanol–water partition coefficient (Wildman–Crippen LogP) is 4.36. The van der Waals surface area contributed by atoms with E-state index in [1.165, 1.54) is 17.8 Å². The molecule has 138 valence electrons. The van der Waals surface area contributed by atoms with E-state index in [2.05, 4.69) is 10.2 Å². The van der Waals surface area contributed by atoms with Gasteiger partial charge in [0, 0.05) is 23.4 Å². The van der Waals surface area contributed by atoms with Gasteiger partial charge in [0.2, 0.25) is 0 Å². The molecule has 3 aromatic rings. The van der Waals surface area contributed by atoms with Gasteiger partial charge in [0.25, 0.3) is 5.69 Å². The highest BCUT2D eigenvalue weighted by Crippen LogP contribution is 2.32. The summed E-state index contributed by atoms with van der Waals surface area (Å²) in [5, 5.41) is 20.1. The van der Waals surface area contributed by atoms with E-state index < -0.39 is 4.92 Å². The number of ether oxygens (including phenoxy) is 2. The topological polar surface area (TPSA) is 87.4 Å². The Bertz CT molecular complexity index is 948. The molecule has 27 heavy (non-hydrogen) atoms. The van der Waals surface area contributed by atoms with E-state index in [0.717, 1.165) is 16.2 Å². The van der Waals surface area contributed by atoms with Crippen LogP contribution in [0.5, 0.6) is 11.5 Å². The van der Waals surface area contributed by atoms with Crippen LogP contribution in [0.3, 0.4) is 0 Å². The minimum Gasteiger partial charge on any atom is -0.497 e. The van der Waals surface area contributed by atoms with Gasteiger partial charge in [-0.15, -0.1) is 10.2 Å². The molecule has 0 amide bonds. The average Bonchev–Trinajstić information content (AvgIpc) is 2.72. The zero-order valence-corrected chi connectivity index (χ0v) is 15.6. The van der Waals surface area contributed by atoms with Crippen LogP contribution in [-0.4, -0.2) is 29.3 Å². The molecule has 1 aromatic heterocycles. The lowest BCUT2D eigenvalue weighted by Gasteiger charge is -2.10. The molecule has 7 nitrogen and oxygen atoms in total. The van der Waals surface area contributed by atoms with Crippen LogP contribution in [0.4, 0.5) is 5.69 Å². The van der Waals surface area contributed by atoms with Gasteiger partial charge in [0.05, 0.1) is 24.8 Å². The van der Waals surface area contributed by atoms with Crippen LogP contribution in [0.1, 0.15) is 5.56 Å². The van der Waals surface area contributed by atoms with Crippen molar-refractivity contribution in [3.05, 3.63) is 70.3 Å². The van der Waals surface area contributed by atoms with Gasteiger partial charge in [0.15, 0.2) is 0 Å². The summed E-state index contributed by atoms with van der Waals surface area (Å²) in [5.41, 5.74) is 2.40. The summed E-state index contributed by atoms with van der Waals surface area (Å²) < 4.78 is 10.6. The van der Waals surface area contributed by atoms with E-state index in [0.29, 0.717) is 22.9 Å². The molecule has 0 aliphatic carbocycles. The largest absolute Gasteiger partial charge is 0.497 e. The fourth-order valence-corrected chi connectivity index (χ4v) is 3.23. The second-order valence-electron chi connectivity index (χ2n) is 5.54. The van der Waals surface area contributed by atoms with Crippen LogP contribution in [0, 0.1) is 10.1 Å². The standard InChI is InChI=1S/C19H17N3O4S/c1-25-15-6-8-18(26-2)16(11-15)17-7-9-19(21-20-17)27-12-13-4-3-5-14(10-13)22(23)24/h3-11H,12H2,1-2H3. The normalized spacial score (nSPS) is 10.4. The fourth-order valence-electron chi connectivity index (χ4n) is 2.47. The maximum absolute atomic E-state index is 10.9. The van der Waals surface area contributed by atoms with E-state index >= 15 is 0 Å². The first-order chi connectivity index (χ1) is 13.1. The van der Waals surface area contributed by atoms with E-state index in [9.17, 15) is 10.1 Å². The van der Waals surface area contributed by atoms with E-state index in [-0.39, 0.29) is 5.69 Å². The monoisotopic (exact) mass is 383 g/mol. The minimum absolute atomic E-state index is 0.0830. The Hall–Kier alpha value is -3.13. The number of non-ortho nitro benzene ring substituents is 1. The molecule has 0 unspecified atom stereocenters. The lowest BCUT2D eigenvalue weighted by atomic mass is 10.1. The van der Waals surface area contributed by atoms with Gasteiger partial charge in [-0.1, -0.05) is 23.9 Å². The van der Waals surface area contributed by atoms with Crippen molar-refractivity contribution in [1.82, 2.24) is 10.2 Å². The predicted molar refractivity (Wildman–Crippen MR) is 103 cm³/mol. The molecule has 0 atom stereocenters. The van der Waals surface area contributed by atoms with Gasteiger partial charge in [0.1, 0.15) is 16.5 Å². The summed E-state index contributed by atoms with van der Waals surface area (Å²) in [6, 6.07) is 15.8. The SMILES string of the molecule is COc1ccc(OC)c(-c2ccc(SCc3cccc([N+](=O)[O-])c3)nn2)c1. The summed E-state index contributed by atoms with van der Waals surface area (Å²) in [6.45, 7) is 0. The minimum atomic E-state index is -0.399. The van der Waals surface area contributed by atoms with E-state index in [4.69, 9.17) is 9.47 Å². The van der Waals surface area contributed by atoms with Crippen molar-refractivity contribution in [3.63, 3.8) is 0 Å². The van der Waals surface area contributed by atoms with E-state index in [1.54, 1.807) is 26.4 Å². The van der Waals surface area contributed by atoms with Crippen molar-refractivity contribution < 1.29 is 14.4 Å². The van der Waals surface area contributed by atoms with Crippen LogP contribution in [0.15, 0.2) is 59.6 Å². The number of thioether (sulfide) groups is 1. The van der Waals surface area contributed by atoms with E-state index in [1.807, 2.05) is 36.4 Å². The maximum atomic E-state index is 10.9. The average molecular weight is 383 g/mol. The Morgan fingerprint density at radius 2 is 1.89 bits per heavy atom. The van der Waals surface area contributed by atoms with Gasteiger partial charge in [-0.2, -0.15) is 0 Å². The Balaban J connectivity index is 1.74. The molecule has 0 saturated carbocycles. The van der Waals surface area contributed by atoms with Crippen molar-refractivity contribution in [3.8, 4) is 22.8 Å². The maximum Gasteiger partial charge on any atom is 0.269 e. The fraction of sp³-hybridized carbons (Fsp3) is 0.158. The number of hydrogen-bond donors (Lipinski definition) is 0. The van der Waals surface area contributed by atoms with Gasteiger partial charge < -0.3 is 9.47 Å². The first-order valence-corrected chi connectivity index (χ1v) is 9.01. The molecule has 0 aliphatic heterocycles. The second-order valence-corrected chi connectivity index (χ2v) is 6.53. The van der Waals surface area contributed by atoms with Crippen LogP contribution in [0.25, 0.3) is 11.3 Å². The zero-order chi connectivity index (χ0) is 19.2. The third-order valence-electron chi connectivity index (χ3n) is 3.83. The smallest absolute Gasteiger partial charge is 0.269 e. The van der Waals surface area contributed by atoms with Crippen LogP contribution < -0.4 is 9.47 Å². The second kappa shape index (κ2) is 8.50. The number of nitrogens with zero attached hydrogens (tertiary/aromatic N) is 3. The molecule has 3 rings (SSSR count). The first kappa shape index (κ1) is 18.7. The van der Waals surface area contributed by atoms with Crippen molar-refractivity contribution in [2.45, 2.75) is 10.8 Å². The Morgan fingerprint density at radius 3 is 2.56 bits per heavy atom. The third-order valence-corrected chi connectivity index (χ3v) is 4.82. The van der Waals surface area contributed by atoms with Crippen molar-refractivity contribution in [1.29, 1.82) is 0 Å². The van der Waals surface area contributed by atoms with Crippen LogP contribution >= 0.6 is 11.8 Å². The van der Waals surface area contributed by atoms with Gasteiger partial charge in [-0.05, 0) is 35.9 Å². The molecule has 0 radical (unpaired) electrons. The number of hydrogen-bond acceptors (Lipinski definition) is 7. The molecule has 8 heteroatoms. The summed E-state index contributed by atoms with van der Waals surface area (Å²) in [6.07, 6.45) is 0. The highest BCUT2D eigenvalue weighted by molar-refractivity contribution is 7.98. The van der Waals surface area contributed by atoms with Gasteiger partial charge in [-0.3, -0.25) is 10.1 Å². The summed E-state index contributed by atoms with van der Waals surface area (Å²) in [5.74, 6) is 1.96. The molecule has 0 saturated heterocycles. The molecule has 0 N–H and O–H groups in total. The molecule has 0 bridgehead atoms. The third kappa shape index (κ3) is 4.53. The summed E-state index contributed by atoms with van der Waals surface area (Å²) >= 11 is 1.46. The first-order valence-electron chi connectivity index (χ1n) is 8.03. The zero-order valence-electron chi connectivity index (χ0n) is 14.8. The number of nitro groups is 1. The lowest BCUT2D eigenvalue weighted by Crippen LogP contribution is -1.94. The molecular weight excluding hydrogens is 366 g/mol. The Morgan fingerprint density at radius 1 is 1.04 bits per heavy atom. The molecular formula is C19H17N3O4S. The molecule has 2 aromatic carbocycles. The van der Waals surface area contributed by atoms with Gasteiger partial charge in [-0.25, -0.2) is 0 Å². The molecule has 1 heterocycles. The lowest BCUT2D eigenvalue weighted by molar-refractivity contribution is -0.384. The summed E-state index contributed by atoms with van der Waals surface area (Å²) in [4.78, 5) is 10.5. The number of benzene rings is 2. The molecule has 0 aliphatic rings. The van der Waals surface area contributed by atoms with Crippen molar-refractivity contribution in [2.75, 3.05) is 14.2 Å². The number of rotatable bonds is 7. The highest BCUT2D eigenvalue weighted by Gasteiger charge is 2.11. The summed E-state index contributed by atoms with van der Waals surface area (Å²) in [7, 11) is 3.20. The van der Waals surface area contributed by atoms with Gasteiger partial charge >= 0.3 is 0 Å². The van der Waals surface area contributed by atoms with Crippen molar-refractivity contribution in [2.24, 2.45) is 0 Å². The van der Waals surface area contributed by atoms with Crippen LogP contribution in [-0.2, 0) is 5.75 Å². The Kier molecular flexibility index (Phi) is 5.87. The Labute approximate surface area is 160 Å². The molecule has 0 spiro atoms. The molecule has 0 fully saturated rings. The quantitative estimate of drug-likeness (QED) is 0.340. The van der Waals surface area contributed by atoms with Crippen LogP contribution in [0.2, 0.25) is 0 Å². The van der Waals surface area contributed by atoms with Crippen molar-refractivity contribution >= 4 is 17.4 Å².